The zero-order valence-corrected chi connectivity index (χ0v) is 11.2. The van der Waals surface area contributed by atoms with Gasteiger partial charge in [0.05, 0.1) is 12.5 Å². The van der Waals surface area contributed by atoms with Crippen LogP contribution in [0.3, 0.4) is 0 Å². The Morgan fingerprint density at radius 3 is 2.80 bits per heavy atom. The van der Waals surface area contributed by atoms with E-state index in [0.29, 0.717) is 18.8 Å². The van der Waals surface area contributed by atoms with Gasteiger partial charge in [-0.15, -0.1) is 0 Å². The molecular formula is C14H17FN2O3. The molecule has 0 aromatic heterocycles. The summed E-state index contributed by atoms with van der Waals surface area (Å²) in [6.07, 6.45) is 0. The minimum absolute atomic E-state index is 0.0227. The minimum atomic E-state index is -0.828. The number of nitrogens with zero attached hydrogens (tertiary/aromatic N) is 1. The molecule has 0 aliphatic carbocycles. The average Bonchev–Trinajstić information content (AvgIpc) is 2.70. The van der Waals surface area contributed by atoms with Gasteiger partial charge >= 0.3 is 5.97 Å². The van der Waals surface area contributed by atoms with Gasteiger partial charge in [-0.2, -0.15) is 0 Å². The molecule has 2 N–H and O–H groups in total. The Labute approximate surface area is 116 Å². The van der Waals surface area contributed by atoms with E-state index >= 15 is 0 Å². The highest BCUT2D eigenvalue weighted by Crippen LogP contribution is 2.22. The number of likely N-dealkylation sites (tertiary alicyclic amines) is 1. The van der Waals surface area contributed by atoms with Gasteiger partial charge in [0, 0.05) is 18.8 Å². The van der Waals surface area contributed by atoms with E-state index in [1.807, 2.05) is 6.92 Å². The smallest absolute Gasteiger partial charge is 0.308 e. The molecule has 20 heavy (non-hydrogen) atoms. The molecule has 0 saturated carbocycles. The van der Waals surface area contributed by atoms with Crippen LogP contribution in [0.15, 0.2) is 24.3 Å². The Balaban J connectivity index is 1.88. The van der Waals surface area contributed by atoms with Crippen molar-refractivity contribution in [2.24, 2.45) is 11.8 Å². The number of nitrogens with one attached hydrogen (secondary N) is 1. The number of rotatable bonds is 4. The van der Waals surface area contributed by atoms with Crippen LogP contribution < -0.4 is 5.32 Å². The van der Waals surface area contributed by atoms with Crippen LogP contribution in [-0.4, -0.2) is 41.5 Å². The second-order valence-electron chi connectivity index (χ2n) is 5.17. The molecule has 2 rings (SSSR count). The fraction of sp³-hybridized carbons (Fsp3) is 0.429. The molecule has 1 fully saturated rings. The van der Waals surface area contributed by atoms with Crippen molar-refractivity contribution in [3.05, 3.63) is 30.1 Å². The number of aliphatic carboxylic acids is 1. The monoisotopic (exact) mass is 280 g/mol. The number of anilines is 1. The highest BCUT2D eigenvalue weighted by molar-refractivity contribution is 5.92. The van der Waals surface area contributed by atoms with E-state index in [-0.39, 0.29) is 18.4 Å². The molecule has 108 valence electrons. The summed E-state index contributed by atoms with van der Waals surface area (Å²) in [4.78, 5) is 24.6. The fourth-order valence-corrected chi connectivity index (χ4v) is 2.49. The normalized spacial score (nSPS) is 22.7. The summed E-state index contributed by atoms with van der Waals surface area (Å²) in [6, 6.07) is 5.66. The number of halogens is 1. The van der Waals surface area contributed by atoms with Crippen LogP contribution in [0.5, 0.6) is 0 Å². The molecule has 0 bridgehead atoms. The zero-order chi connectivity index (χ0) is 14.7. The van der Waals surface area contributed by atoms with E-state index in [4.69, 9.17) is 5.11 Å². The molecule has 1 saturated heterocycles. The lowest BCUT2D eigenvalue weighted by Crippen LogP contribution is -2.32. The number of carboxylic acid groups (broad SMARTS) is 1. The van der Waals surface area contributed by atoms with Crippen molar-refractivity contribution in [1.29, 1.82) is 0 Å². The Morgan fingerprint density at radius 2 is 2.20 bits per heavy atom. The molecule has 2 unspecified atom stereocenters. The van der Waals surface area contributed by atoms with E-state index < -0.39 is 17.7 Å². The third-order valence-electron chi connectivity index (χ3n) is 3.48. The first kappa shape index (κ1) is 14.5. The molecule has 1 heterocycles. The highest BCUT2D eigenvalue weighted by Gasteiger charge is 2.35. The van der Waals surface area contributed by atoms with Gasteiger partial charge < -0.3 is 10.4 Å². The Hall–Kier alpha value is -1.95. The standard InChI is InChI=1S/C14H17FN2O3/c1-9-6-17(7-12(9)14(19)20)8-13(18)16-11-4-2-3-10(15)5-11/h2-5,9,12H,6-8H2,1H3,(H,16,18)(H,19,20). The number of hydrogen-bond donors (Lipinski definition) is 2. The van der Waals surface area contributed by atoms with Crippen LogP contribution in [0.2, 0.25) is 0 Å². The van der Waals surface area contributed by atoms with Gasteiger partial charge in [0.15, 0.2) is 0 Å². The van der Waals surface area contributed by atoms with E-state index in [0.717, 1.165) is 0 Å². The maximum absolute atomic E-state index is 13.0. The lowest BCUT2D eigenvalue weighted by atomic mass is 9.99. The Morgan fingerprint density at radius 1 is 1.45 bits per heavy atom. The molecule has 1 amide bonds. The second kappa shape index (κ2) is 6.00. The van der Waals surface area contributed by atoms with Gasteiger partial charge in [0.1, 0.15) is 5.82 Å². The number of amides is 1. The van der Waals surface area contributed by atoms with Crippen molar-refractivity contribution < 1.29 is 19.1 Å². The molecule has 1 aliphatic rings. The van der Waals surface area contributed by atoms with Crippen LogP contribution in [-0.2, 0) is 9.59 Å². The van der Waals surface area contributed by atoms with Crippen LogP contribution >= 0.6 is 0 Å². The van der Waals surface area contributed by atoms with Gasteiger partial charge in [0.2, 0.25) is 5.91 Å². The number of hydrogen-bond acceptors (Lipinski definition) is 3. The summed E-state index contributed by atoms with van der Waals surface area (Å²) in [7, 11) is 0. The molecule has 1 aromatic rings. The maximum atomic E-state index is 13.0. The molecule has 6 heteroatoms. The molecule has 5 nitrogen and oxygen atoms in total. The quantitative estimate of drug-likeness (QED) is 0.875. The van der Waals surface area contributed by atoms with Gasteiger partial charge in [-0.1, -0.05) is 13.0 Å². The lowest BCUT2D eigenvalue weighted by Gasteiger charge is -2.14. The SMILES string of the molecule is CC1CN(CC(=O)Nc2cccc(F)c2)CC1C(=O)O. The van der Waals surface area contributed by atoms with E-state index in [2.05, 4.69) is 5.32 Å². The van der Waals surface area contributed by atoms with E-state index in [9.17, 15) is 14.0 Å². The van der Waals surface area contributed by atoms with Crippen molar-refractivity contribution >= 4 is 17.6 Å². The maximum Gasteiger partial charge on any atom is 0.308 e. The Bertz CT molecular complexity index is 521. The fourth-order valence-electron chi connectivity index (χ4n) is 2.49. The van der Waals surface area contributed by atoms with E-state index in [1.54, 1.807) is 11.0 Å². The topological polar surface area (TPSA) is 69.6 Å². The first-order valence-electron chi connectivity index (χ1n) is 6.46. The van der Waals surface area contributed by atoms with Crippen molar-refractivity contribution in [2.75, 3.05) is 25.0 Å². The summed E-state index contributed by atoms with van der Waals surface area (Å²) in [5, 5.41) is 11.6. The summed E-state index contributed by atoms with van der Waals surface area (Å²) >= 11 is 0. The van der Waals surface area contributed by atoms with Crippen LogP contribution in [0.25, 0.3) is 0 Å². The summed E-state index contributed by atoms with van der Waals surface area (Å²) in [6.45, 7) is 2.93. The predicted molar refractivity (Wildman–Crippen MR) is 71.8 cm³/mol. The molecular weight excluding hydrogens is 263 g/mol. The molecule has 2 atom stereocenters. The van der Waals surface area contributed by atoms with Crippen LogP contribution in [0.4, 0.5) is 10.1 Å². The molecule has 0 spiro atoms. The first-order chi connectivity index (χ1) is 9.45. The molecule has 0 radical (unpaired) electrons. The van der Waals surface area contributed by atoms with Gasteiger partial charge in [-0.3, -0.25) is 14.5 Å². The third-order valence-corrected chi connectivity index (χ3v) is 3.48. The summed E-state index contributed by atoms with van der Waals surface area (Å²) in [5.74, 6) is -1.92. The number of carbonyl (C=O) groups is 2. The summed E-state index contributed by atoms with van der Waals surface area (Å²) in [5.41, 5.74) is 0.400. The van der Waals surface area contributed by atoms with Gasteiger partial charge in [-0.25, -0.2) is 4.39 Å². The minimum Gasteiger partial charge on any atom is -0.481 e. The first-order valence-corrected chi connectivity index (χ1v) is 6.46. The van der Waals surface area contributed by atoms with Crippen LogP contribution in [0.1, 0.15) is 6.92 Å². The second-order valence-corrected chi connectivity index (χ2v) is 5.17. The predicted octanol–water partition coefficient (Wildman–Crippen LogP) is 1.42. The van der Waals surface area contributed by atoms with Crippen molar-refractivity contribution in [3.63, 3.8) is 0 Å². The number of carboxylic acids is 1. The summed E-state index contributed by atoms with van der Waals surface area (Å²) < 4.78 is 13.0. The largest absolute Gasteiger partial charge is 0.481 e. The van der Waals surface area contributed by atoms with Crippen molar-refractivity contribution in [3.8, 4) is 0 Å². The molecule has 1 aliphatic heterocycles. The van der Waals surface area contributed by atoms with Gasteiger partial charge in [0.25, 0.3) is 0 Å². The molecule has 1 aromatic carbocycles. The van der Waals surface area contributed by atoms with E-state index in [1.165, 1.54) is 18.2 Å². The third kappa shape index (κ3) is 3.54. The van der Waals surface area contributed by atoms with Gasteiger partial charge in [-0.05, 0) is 24.1 Å². The van der Waals surface area contributed by atoms with Crippen LogP contribution in [0, 0.1) is 17.7 Å². The average molecular weight is 280 g/mol. The highest BCUT2D eigenvalue weighted by atomic mass is 19.1. The number of benzene rings is 1. The van der Waals surface area contributed by atoms with Crippen molar-refractivity contribution in [2.45, 2.75) is 6.92 Å². The number of carbonyl (C=O) groups excluding carboxylic acids is 1. The van der Waals surface area contributed by atoms with Crippen molar-refractivity contribution in [1.82, 2.24) is 4.90 Å². The lowest BCUT2D eigenvalue weighted by molar-refractivity contribution is -0.142. The Kier molecular flexibility index (Phi) is 4.34. The zero-order valence-electron chi connectivity index (χ0n) is 11.2.